The average molecular weight is 419 g/mol. The van der Waals surface area contributed by atoms with Gasteiger partial charge in [-0.1, -0.05) is 18.0 Å². The van der Waals surface area contributed by atoms with Crippen LogP contribution in [0.2, 0.25) is 0 Å². The van der Waals surface area contributed by atoms with Gasteiger partial charge in [0.25, 0.3) is 11.8 Å². The molecule has 160 valence electrons. The number of carbonyl (C=O) groups is 1. The van der Waals surface area contributed by atoms with Crippen molar-refractivity contribution in [2.24, 2.45) is 5.92 Å². The maximum Gasteiger partial charge on any atom is 0.274 e. The molecule has 3 fully saturated rings. The fraction of sp³-hybridized carbons (Fsp3) is 0.522. The maximum absolute atomic E-state index is 13.3. The lowest BCUT2D eigenvalue weighted by molar-refractivity contribution is 0.0601. The number of pyridine rings is 1. The molecule has 1 N–H and O–H groups in total. The van der Waals surface area contributed by atoms with Crippen LogP contribution in [0.3, 0.4) is 0 Å². The Hall–Kier alpha value is -3.03. The third-order valence-electron chi connectivity index (χ3n) is 6.90. The Balaban J connectivity index is 1.28. The Bertz CT molecular complexity index is 1080. The van der Waals surface area contributed by atoms with Crippen molar-refractivity contribution in [1.82, 2.24) is 30.2 Å². The van der Waals surface area contributed by atoms with Crippen LogP contribution in [-0.4, -0.2) is 49.2 Å². The Labute approximate surface area is 180 Å². The molecule has 1 atom stereocenters. The van der Waals surface area contributed by atoms with Crippen LogP contribution in [0.4, 0.5) is 0 Å². The Morgan fingerprint density at radius 1 is 1.23 bits per heavy atom. The Morgan fingerprint density at radius 2 is 2.06 bits per heavy atom. The van der Waals surface area contributed by atoms with Crippen LogP contribution in [0.5, 0.6) is 0 Å². The SMILES string of the molecule is O=C(c1cc(C2CC2)[nH]n1)N1CCCC(CC2CC2)(c2noc(-c3ccncc3)n2)C1. The van der Waals surface area contributed by atoms with Gasteiger partial charge in [-0.3, -0.25) is 14.9 Å². The molecular formula is C23H26N6O2. The summed E-state index contributed by atoms with van der Waals surface area (Å²) in [5, 5.41) is 11.8. The average Bonchev–Trinajstić information content (AvgIpc) is 3.72. The number of piperidine rings is 1. The van der Waals surface area contributed by atoms with E-state index in [2.05, 4.69) is 20.3 Å². The number of hydrogen-bond donors (Lipinski definition) is 1. The first-order chi connectivity index (χ1) is 15.2. The molecule has 0 aromatic carbocycles. The molecule has 3 aromatic rings. The third-order valence-corrected chi connectivity index (χ3v) is 6.90. The lowest BCUT2D eigenvalue weighted by Gasteiger charge is -2.41. The highest BCUT2D eigenvalue weighted by atomic mass is 16.5. The summed E-state index contributed by atoms with van der Waals surface area (Å²) in [6.45, 7) is 1.36. The van der Waals surface area contributed by atoms with E-state index < -0.39 is 0 Å². The van der Waals surface area contributed by atoms with Crippen LogP contribution < -0.4 is 0 Å². The van der Waals surface area contributed by atoms with Crippen LogP contribution in [0, 0.1) is 5.92 Å². The van der Waals surface area contributed by atoms with E-state index in [-0.39, 0.29) is 11.3 Å². The standard InChI is InChI=1S/C23H26N6O2/c30-21(19-12-18(26-27-19)16-4-5-16)29-11-1-8-23(14-29,13-15-2-3-15)22-25-20(31-28-22)17-6-9-24-10-7-17/h6-7,9-10,12,15-16H,1-5,8,11,13-14H2,(H,26,27). The summed E-state index contributed by atoms with van der Waals surface area (Å²) in [5.74, 6) is 2.47. The number of H-pyrrole nitrogens is 1. The molecule has 3 aliphatic rings. The van der Waals surface area contributed by atoms with E-state index in [1.807, 2.05) is 23.1 Å². The van der Waals surface area contributed by atoms with Gasteiger partial charge in [-0.05, 0) is 56.2 Å². The molecule has 31 heavy (non-hydrogen) atoms. The zero-order valence-electron chi connectivity index (χ0n) is 17.5. The first kappa shape index (κ1) is 18.7. The van der Waals surface area contributed by atoms with Crippen LogP contribution in [0.1, 0.15) is 72.9 Å². The molecule has 8 heteroatoms. The molecule has 1 amide bonds. The van der Waals surface area contributed by atoms with Crippen LogP contribution in [0.15, 0.2) is 35.1 Å². The molecule has 2 saturated carbocycles. The van der Waals surface area contributed by atoms with Gasteiger partial charge in [-0.15, -0.1) is 0 Å². The number of hydrogen-bond acceptors (Lipinski definition) is 6. The Kier molecular flexibility index (Phi) is 4.40. The fourth-order valence-corrected chi connectivity index (χ4v) is 4.88. The molecule has 1 aliphatic heterocycles. The predicted molar refractivity (Wildman–Crippen MR) is 112 cm³/mol. The Morgan fingerprint density at radius 3 is 2.84 bits per heavy atom. The summed E-state index contributed by atoms with van der Waals surface area (Å²) in [6.07, 6.45) is 11.2. The lowest BCUT2D eigenvalue weighted by Crippen LogP contribution is -2.49. The highest BCUT2D eigenvalue weighted by Gasteiger charge is 2.46. The molecule has 2 aliphatic carbocycles. The number of aromatic amines is 1. The number of carbonyl (C=O) groups excluding carboxylic acids is 1. The summed E-state index contributed by atoms with van der Waals surface area (Å²) in [7, 11) is 0. The fourth-order valence-electron chi connectivity index (χ4n) is 4.88. The highest BCUT2D eigenvalue weighted by Crippen LogP contribution is 2.46. The minimum Gasteiger partial charge on any atom is -0.336 e. The van der Waals surface area contributed by atoms with E-state index in [0.29, 0.717) is 30.0 Å². The van der Waals surface area contributed by atoms with Gasteiger partial charge in [-0.2, -0.15) is 10.1 Å². The molecule has 4 heterocycles. The first-order valence-corrected chi connectivity index (χ1v) is 11.3. The number of nitrogens with zero attached hydrogens (tertiary/aromatic N) is 5. The van der Waals surface area contributed by atoms with Crippen molar-refractivity contribution < 1.29 is 9.32 Å². The van der Waals surface area contributed by atoms with Crippen molar-refractivity contribution in [3.8, 4) is 11.5 Å². The van der Waals surface area contributed by atoms with Crippen molar-refractivity contribution in [3.63, 3.8) is 0 Å². The summed E-state index contributed by atoms with van der Waals surface area (Å²) >= 11 is 0. The van der Waals surface area contributed by atoms with Gasteiger partial charge in [0, 0.05) is 42.7 Å². The second-order valence-corrected chi connectivity index (χ2v) is 9.40. The van der Waals surface area contributed by atoms with E-state index in [1.165, 1.54) is 25.7 Å². The first-order valence-electron chi connectivity index (χ1n) is 11.3. The van der Waals surface area contributed by atoms with Crippen LogP contribution >= 0.6 is 0 Å². The van der Waals surface area contributed by atoms with Gasteiger partial charge >= 0.3 is 0 Å². The highest BCUT2D eigenvalue weighted by molar-refractivity contribution is 5.92. The number of nitrogens with one attached hydrogen (secondary N) is 1. The minimum absolute atomic E-state index is 0.000809. The van der Waals surface area contributed by atoms with Gasteiger partial charge in [0.15, 0.2) is 5.82 Å². The van der Waals surface area contributed by atoms with Crippen molar-refractivity contribution in [2.45, 2.75) is 56.3 Å². The second-order valence-electron chi connectivity index (χ2n) is 9.40. The third kappa shape index (κ3) is 3.64. The molecule has 1 unspecified atom stereocenters. The molecular weight excluding hydrogens is 392 g/mol. The minimum atomic E-state index is -0.264. The summed E-state index contributed by atoms with van der Waals surface area (Å²) in [5.41, 5.74) is 2.21. The number of amides is 1. The van der Waals surface area contributed by atoms with E-state index >= 15 is 0 Å². The lowest BCUT2D eigenvalue weighted by atomic mass is 9.74. The van der Waals surface area contributed by atoms with Gasteiger partial charge < -0.3 is 9.42 Å². The largest absolute Gasteiger partial charge is 0.336 e. The van der Waals surface area contributed by atoms with Crippen molar-refractivity contribution in [1.29, 1.82) is 0 Å². The number of aromatic nitrogens is 5. The maximum atomic E-state index is 13.3. The topological polar surface area (TPSA) is 101 Å². The van der Waals surface area contributed by atoms with E-state index in [9.17, 15) is 4.79 Å². The molecule has 0 spiro atoms. The molecule has 0 bridgehead atoms. The molecule has 1 saturated heterocycles. The van der Waals surface area contributed by atoms with Crippen molar-refractivity contribution >= 4 is 5.91 Å². The molecule has 3 aromatic heterocycles. The molecule has 0 radical (unpaired) electrons. The van der Waals surface area contributed by atoms with E-state index in [0.717, 1.165) is 42.9 Å². The summed E-state index contributed by atoms with van der Waals surface area (Å²) < 4.78 is 5.64. The van der Waals surface area contributed by atoms with Crippen LogP contribution in [-0.2, 0) is 5.41 Å². The van der Waals surface area contributed by atoms with Crippen LogP contribution in [0.25, 0.3) is 11.5 Å². The number of likely N-dealkylation sites (tertiary alicyclic amines) is 1. The normalized spacial score (nSPS) is 23.8. The van der Waals surface area contributed by atoms with Gasteiger partial charge in [-0.25, -0.2) is 0 Å². The van der Waals surface area contributed by atoms with Gasteiger partial charge in [0.2, 0.25) is 0 Å². The second kappa shape index (κ2) is 7.28. The van der Waals surface area contributed by atoms with Crippen molar-refractivity contribution in [2.75, 3.05) is 13.1 Å². The molecule has 8 nitrogen and oxygen atoms in total. The molecule has 6 rings (SSSR count). The number of rotatable bonds is 6. The summed E-state index contributed by atoms with van der Waals surface area (Å²) in [4.78, 5) is 24.1. The van der Waals surface area contributed by atoms with E-state index in [4.69, 9.17) is 9.51 Å². The van der Waals surface area contributed by atoms with E-state index in [1.54, 1.807) is 12.4 Å². The smallest absolute Gasteiger partial charge is 0.274 e. The summed E-state index contributed by atoms with van der Waals surface area (Å²) in [6, 6.07) is 5.68. The van der Waals surface area contributed by atoms with Gasteiger partial charge in [0.1, 0.15) is 5.69 Å². The monoisotopic (exact) mass is 418 g/mol. The predicted octanol–water partition coefficient (Wildman–Crippen LogP) is 3.71. The zero-order chi connectivity index (χ0) is 20.8. The quantitative estimate of drug-likeness (QED) is 0.655. The zero-order valence-corrected chi connectivity index (χ0v) is 17.5. The van der Waals surface area contributed by atoms with Gasteiger partial charge in [0.05, 0.1) is 5.41 Å². The van der Waals surface area contributed by atoms with Crippen molar-refractivity contribution in [3.05, 3.63) is 47.8 Å².